The number of benzene rings is 2. The molecule has 1 fully saturated rings. The fourth-order valence-electron chi connectivity index (χ4n) is 3.39. The highest BCUT2D eigenvalue weighted by atomic mass is 16.5. The van der Waals surface area contributed by atoms with Gasteiger partial charge in [0, 0.05) is 0 Å². The maximum absolute atomic E-state index is 6.05. The Hall–Kier alpha value is -1.80. The van der Waals surface area contributed by atoms with Crippen LogP contribution in [0.4, 0.5) is 0 Å². The molecule has 1 aliphatic carbocycles. The van der Waals surface area contributed by atoms with Crippen LogP contribution in [0.15, 0.2) is 54.6 Å². The molecule has 2 nitrogen and oxygen atoms in total. The first-order valence-corrected chi connectivity index (χ1v) is 7.90. The molecule has 0 bridgehead atoms. The first-order valence-electron chi connectivity index (χ1n) is 7.90. The normalized spacial score (nSPS) is 16.8. The summed E-state index contributed by atoms with van der Waals surface area (Å²) in [6.07, 6.45) is 5.32. The molecule has 0 heterocycles. The van der Waals surface area contributed by atoms with E-state index in [1.165, 1.54) is 31.2 Å². The largest absolute Gasteiger partial charge is 0.457 e. The molecule has 2 aromatic carbocycles. The summed E-state index contributed by atoms with van der Waals surface area (Å²) in [5, 5.41) is 0. The minimum absolute atomic E-state index is 0.465. The second-order valence-corrected chi connectivity index (χ2v) is 5.87. The van der Waals surface area contributed by atoms with Crippen molar-refractivity contribution in [3.8, 4) is 11.5 Å². The molecule has 1 unspecified atom stereocenters. The minimum Gasteiger partial charge on any atom is -0.457 e. The molecule has 0 aromatic heterocycles. The van der Waals surface area contributed by atoms with E-state index in [1.807, 2.05) is 36.4 Å². The van der Waals surface area contributed by atoms with E-state index < -0.39 is 0 Å². The Balaban J connectivity index is 1.78. The molecule has 2 aromatic rings. The highest BCUT2D eigenvalue weighted by molar-refractivity contribution is 5.35. The fourth-order valence-corrected chi connectivity index (χ4v) is 3.39. The zero-order valence-corrected chi connectivity index (χ0v) is 12.4. The van der Waals surface area contributed by atoms with E-state index in [-0.39, 0.29) is 0 Å². The lowest BCUT2D eigenvalue weighted by Crippen LogP contribution is -2.19. The van der Waals surface area contributed by atoms with Crippen molar-refractivity contribution in [3.05, 3.63) is 60.2 Å². The van der Waals surface area contributed by atoms with Crippen LogP contribution in [-0.4, -0.2) is 6.54 Å². The molecular formula is C19H23NO. The Morgan fingerprint density at radius 2 is 1.67 bits per heavy atom. The molecule has 0 amide bonds. The molecule has 0 radical (unpaired) electrons. The molecule has 1 aliphatic rings. The number of hydrogen-bond acceptors (Lipinski definition) is 2. The van der Waals surface area contributed by atoms with Crippen molar-refractivity contribution in [1.82, 2.24) is 0 Å². The summed E-state index contributed by atoms with van der Waals surface area (Å²) in [6.45, 7) is 0.722. The second kappa shape index (κ2) is 6.77. The van der Waals surface area contributed by atoms with E-state index in [1.54, 1.807) is 0 Å². The van der Waals surface area contributed by atoms with Crippen LogP contribution in [0.25, 0.3) is 0 Å². The summed E-state index contributed by atoms with van der Waals surface area (Å²) in [6, 6.07) is 18.4. The Kier molecular flexibility index (Phi) is 4.56. The SMILES string of the molecule is NCC(c1cccc(Oc2ccccc2)c1)C1CCCC1. The van der Waals surface area contributed by atoms with Gasteiger partial charge in [0.1, 0.15) is 11.5 Å². The molecule has 0 spiro atoms. The third kappa shape index (κ3) is 3.45. The van der Waals surface area contributed by atoms with Gasteiger partial charge in [-0.1, -0.05) is 43.2 Å². The number of hydrogen-bond donors (Lipinski definition) is 1. The van der Waals surface area contributed by atoms with Crippen molar-refractivity contribution in [3.63, 3.8) is 0 Å². The quantitative estimate of drug-likeness (QED) is 0.861. The maximum atomic E-state index is 6.05. The Morgan fingerprint density at radius 3 is 2.38 bits per heavy atom. The standard InChI is InChI=1S/C19H23NO/c20-14-19(15-7-4-5-8-15)16-9-6-12-18(13-16)21-17-10-2-1-3-11-17/h1-3,6,9-13,15,19H,4-5,7-8,14,20H2. The van der Waals surface area contributed by atoms with Crippen molar-refractivity contribution in [2.24, 2.45) is 11.7 Å². The van der Waals surface area contributed by atoms with Crippen LogP contribution in [0, 0.1) is 5.92 Å². The van der Waals surface area contributed by atoms with Crippen LogP contribution in [0.1, 0.15) is 37.2 Å². The molecule has 21 heavy (non-hydrogen) atoms. The lowest BCUT2D eigenvalue weighted by Gasteiger charge is -2.22. The highest BCUT2D eigenvalue weighted by Gasteiger charge is 2.25. The summed E-state index contributed by atoms with van der Waals surface area (Å²) in [5.41, 5.74) is 7.36. The first kappa shape index (κ1) is 14.2. The zero-order chi connectivity index (χ0) is 14.5. The number of nitrogens with two attached hydrogens (primary N) is 1. The van der Waals surface area contributed by atoms with E-state index in [0.717, 1.165) is 24.0 Å². The summed E-state index contributed by atoms with van der Waals surface area (Å²) in [5.74, 6) is 2.98. The predicted octanol–water partition coefficient (Wildman–Crippen LogP) is 4.71. The van der Waals surface area contributed by atoms with E-state index >= 15 is 0 Å². The van der Waals surface area contributed by atoms with Crippen molar-refractivity contribution < 1.29 is 4.74 Å². The minimum atomic E-state index is 0.465. The summed E-state index contributed by atoms with van der Waals surface area (Å²) in [4.78, 5) is 0. The average molecular weight is 281 g/mol. The molecule has 110 valence electrons. The third-order valence-electron chi connectivity index (χ3n) is 4.49. The van der Waals surface area contributed by atoms with Crippen LogP contribution >= 0.6 is 0 Å². The lowest BCUT2D eigenvalue weighted by atomic mass is 9.85. The van der Waals surface area contributed by atoms with Crippen molar-refractivity contribution >= 4 is 0 Å². The van der Waals surface area contributed by atoms with Crippen LogP contribution < -0.4 is 10.5 Å². The van der Waals surface area contributed by atoms with Crippen LogP contribution in [0.2, 0.25) is 0 Å². The van der Waals surface area contributed by atoms with E-state index in [2.05, 4.69) is 18.2 Å². The molecule has 2 heteroatoms. The number of para-hydroxylation sites is 1. The monoisotopic (exact) mass is 281 g/mol. The number of rotatable bonds is 5. The van der Waals surface area contributed by atoms with Gasteiger partial charge < -0.3 is 10.5 Å². The van der Waals surface area contributed by atoms with Gasteiger partial charge in [-0.15, -0.1) is 0 Å². The van der Waals surface area contributed by atoms with Gasteiger partial charge in [-0.3, -0.25) is 0 Å². The van der Waals surface area contributed by atoms with Gasteiger partial charge >= 0.3 is 0 Å². The van der Waals surface area contributed by atoms with Crippen molar-refractivity contribution in [1.29, 1.82) is 0 Å². The van der Waals surface area contributed by atoms with E-state index in [0.29, 0.717) is 5.92 Å². The van der Waals surface area contributed by atoms with Gasteiger partial charge in [0.05, 0.1) is 0 Å². The molecular weight excluding hydrogens is 258 g/mol. The van der Waals surface area contributed by atoms with Crippen LogP contribution in [0.5, 0.6) is 11.5 Å². The van der Waals surface area contributed by atoms with Crippen molar-refractivity contribution in [2.75, 3.05) is 6.54 Å². The molecule has 2 N–H and O–H groups in total. The van der Waals surface area contributed by atoms with Crippen LogP contribution in [0.3, 0.4) is 0 Å². The molecule has 0 aliphatic heterocycles. The Bertz CT molecular complexity index is 561. The van der Waals surface area contributed by atoms with Gasteiger partial charge in [0.25, 0.3) is 0 Å². The van der Waals surface area contributed by atoms with Crippen molar-refractivity contribution in [2.45, 2.75) is 31.6 Å². The van der Waals surface area contributed by atoms with Gasteiger partial charge in [-0.2, -0.15) is 0 Å². The van der Waals surface area contributed by atoms with E-state index in [4.69, 9.17) is 10.5 Å². The lowest BCUT2D eigenvalue weighted by molar-refractivity contribution is 0.436. The van der Waals surface area contributed by atoms with Gasteiger partial charge in [-0.25, -0.2) is 0 Å². The molecule has 0 saturated heterocycles. The topological polar surface area (TPSA) is 35.2 Å². The average Bonchev–Trinajstić information content (AvgIpc) is 3.04. The Morgan fingerprint density at radius 1 is 0.952 bits per heavy atom. The summed E-state index contributed by atoms with van der Waals surface area (Å²) in [7, 11) is 0. The number of ether oxygens (including phenoxy) is 1. The van der Waals surface area contributed by atoms with Gasteiger partial charge in [0.15, 0.2) is 0 Å². The molecule has 1 saturated carbocycles. The summed E-state index contributed by atoms with van der Waals surface area (Å²) >= 11 is 0. The van der Waals surface area contributed by atoms with E-state index in [9.17, 15) is 0 Å². The van der Waals surface area contributed by atoms with Gasteiger partial charge in [0.2, 0.25) is 0 Å². The maximum Gasteiger partial charge on any atom is 0.127 e. The predicted molar refractivity (Wildman–Crippen MR) is 86.7 cm³/mol. The fraction of sp³-hybridized carbons (Fsp3) is 0.368. The van der Waals surface area contributed by atoms with Crippen LogP contribution in [-0.2, 0) is 0 Å². The molecule has 3 rings (SSSR count). The summed E-state index contributed by atoms with van der Waals surface area (Å²) < 4.78 is 5.94. The highest BCUT2D eigenvalue weighted by Crippen LogP contribution is 2.37. The smallest absolute Gasteiger partial charge is 0.127 e. The zero-order valence-electron chi connectivity index (χ0n) is 12.4. The Labute approximate surface area is 126 Å². The van der Waals surface area contributed by atoms with Gasteiger partial charge in [-0.05, 0) is 61.1 Å². The molecule has 1 atom stereocenters. The first-order chi connectivity index (χ1) is 10.4. The third-order valence-corrected chi connectivity index (χ3v) is 4.49. The second-order valence-electron chi connectivity index (χ2n) is 5.87.